The highest BCUT2D eigenvalue weighted by molar-refractivity contribution is 5.43. The van der Waals surface area contributed by atoms with E-state index in [4.69, 9.17) is 4.74 Å². The highest BCUT2D eigenvalue weighted by Crippen LogP contribution is 2.35. The Morgan fingerprint density at radius 2 is 2.40 bits per heavy atom. The minimum Gasteiger partial charge on any atom is -0.508 e. The molecule has 2 rings (SSSR count). The van der Waals surface area contributed by atoms with Crippen molar-refractivity contribution in [2.45, 2.75) is 19.3 Å². The van der Waals surface area contributed by atoms with Crippen LogP contribution in [0.15, 0.2) is 18.2 Å². The number of aromatic hydroxyl groups is 1. The number of rotatable bonds is 3. The number of fused-ring (bicyclic) bond motifs is 1. The predicted octanol–water partition coefficient (Wildman–Crippen LogP) is 1.87. The van der Waals surface area contributed by atoms with Crippen LogP contribution < -0.4 is 10.1 Å². The summed E-state index contributed by atoms with van der Waals surface area (Å²) in [5, 5.41) is 12.7. The Morgan fingerprint density at radius 3 is 3.20 bits per heavy atom. The first-order valence-corrected chi connectivity index (χ1v) is 5.47. The fourth-order valence-corrected chi connectivity index (χ4v) is 1.98. The molecule has 0 saturated heterocycles. The van der Waals surface area contributed by atoms with E-state index in [1.807, 2.05) is 6.07 Å². The van der Waals surface area contributed by atoms with Crippen molar-refractivity contribution in [1.82, 2.24) is 5.32 Å². The summed E-state index contributed by atoms with van der Waals surface area (Å²) in [7, 11) is 0. The summed E-state index contributed by atoms with van der Waals surface area (Å²) >= 11 is 0. The van der Waals surface area contributed by atoms with Crippen LogP contribution >= 0.6 is 0 Å². The summed E-state index contributed by atoms with van der Waals surface area (Å²) in [6.07, 6.45) is 1.05. The number of nitrogens with one attached hydrogen (secondary N) is 1. The molecule has 0 saturated carbocycles. The van der Waals surface area contributed by atoms with Crippen LogP contribution in [0.25, 0.3) is 0 Å². The Balaban J connectivity index is 2.18. The van der Waals surface area contributed by atoms with Crippen LogP contribution in [0, 0.1) is 0 Å². The van der Waals surface area contributed by atoms with Gasteiger partial charge in [-0.05, 0) is 24.6 Å². The quantitative estimate of drug-likeness (QED) is 0.795. The molecule has 0 spiro atoms. The van der Waals surface area contributed by atoms with Crippen molar-refractivity contribution < 1.29 is 9.84 Å². The largest absolute Gasteiger partial charge is 0.508 e. The Bertz CT molecular complexity index is 338. The van der Waals surface area contributed by atoms with Crippen LogP contribution in [0.2, 0.25) is 0 Å². The van der Waals surface area contributed by atoms with Crippen LogP contribution in [-0.4, -0.2) is 24.8 Å². The van der Waals surface area contributed by atoms with Gasteiger partial charge in [0, 0.05) is 18.5 Å². The summed E-state index contributed by atoms with van der Waals surface area (Å²) in [6.45, 7) is 4.83. The lowest BCUT2D eigenvalue weighted by atomic mass is 9.93. The van der Waals surface area contributed by atoms with Crippen LogP contribution in [0.1, 0.15) is 24.8 Å². The Labute approximate surface area is 90.1 Å². The maximum Gasteiger partial charge on any atom is 0.126 e. The Hall–Kier alpha value is -1.22. The van der Waals surface area contributed by atoms with Gasteiger partial charge < -0.3 is 15.2 Å². The van der Waals surface area contributed by atoms with Crippen LogP contribution in [0.5, 0.6) is 11.5 Å². The van der Waals surface area contributed by atoms with Gasteiger partial charge >= 0.3 is 0 Å². The molecular formula is C12H17NO2. The van der Waals surface area contributed by atoms with Crippen molar-refractivity contribution in [2.75, 3.05) is 19.7 Å². The maximum absolute atomic E-state index is 9.35. The lowest BCUT2D eigenvalue weighted by Gasteiger charge is -2.26. The van der Waals surface area contributed by atoms with Gasteiger partial charge in [-0.25, -0.2) is 0 Å². The number of ether oxygens (including phenoxy) is 1. The average molecular weight is 207 g/mol. The molecule has 15 heavy (non-hydrogen) atoms. The zero-order chi connectivity index (χ0) is 10.7. The zero-order valence-electron chi connectivity index (χ0n) is 8.99. The zero-order valence-corrected chi connectivity index (χ0v) is 8.99. The normalized spacial score (nSPS) is 19.4. The molecule has 3 nitrogen and oxygen atoms in total. The first kappa shape index (κ1) is 10.3. The molecule has 1 aliphatic rings. The predicted molar refractivity (Wildman–Crippen MR) is 59.5 cm³/mol. The van der Waals surface area contributed by atoms with Crippen LogP contribution in [-0.2, 0) is 0 Å². The van der Waals surface area contributed by atoms with Gasteiger partial charge in [-0.15, -0.1) is 0 Å². The summed E-state index contributed by atoms with van der Waals surface area (Å²) in [5.74, 6) is 1.62. The smallest absolute Gasteiger partial charge is 0.126 e. The second kappa shape index (κ2) is 4.53. The molecule has 3 heteroatoms. The van der Waals surface area contributed by atoms with Crippen molar-refractivity contribution in [3.63, 3.8) is 0 Å². The molecule has 1 atom stereocenters. The van der Waals surface area contributed by atoms with E-state index in [1.165, 1.54) is 5.56 Å². The van der Waals surface area contributed by atoms with Crippen LogP contribution in [0.4, 0.5) is 0 Å². The Morgan fingerprint density at radius 1 is 1.53 bits per heavy atom. The second-order valence-corrected chi connectivity index (χ2v) is 3.86. The van der Waals surface area contributed by atoms with E-state index in [0.717, 1.165) is 31.9 Å². The summed E-state index contributed by atoms with van der Waals surface area (Å²) in [4.78, 5) is 0. The van der Waals surface area contributed by atoms with Gasteiger partial charge in [-0.3, -0.25) is 0 Å². The number of benzene rings is 1. The van der Waals surface area contributed by atoms with Gasteiger partial charge in [0.2, 0.25) is 0 Å². The van der Waals surface area contributed by atoms with Crippen molar-refractivity contribution in [1.29, 1.82) is 0 Å². The highest BCUT2D eigenvalue weighted by atomic mass is 16.5. The third kappa shape index (κ3) is 2.23. The number of hydrogen-bond donors (Lipinski definition) is 2. The molecule has 0 amide bonds. The van der Waals surface area contributed by atoms with Crippen LogP contribution in [0.3, 0.4) is 0 Å². The molecule has 2 N–H and O–H groups in total. The van der Waals surface area contributed by atoms with E-state index in [9.17, 15) is 5.11 Å². The van der Waals surface area contributed by atoms with Gasteiger partial charge in [0.15, 0.2) is 0 Å². The topological polar surface area (TPSA) is 41.5 Å². The first-order chi connectivity index (χ1) is 7.31. The van der Waals surface area contributed by atoms with Gasteiger partial charge in [0.1, 0.15) is 11.5 Å². The lowest BCUT2D eigenvalue weighted by molar-refractivity contribution is 0.263. The minimum absolute atomic E-state index is 0.276. The van der Waals surface area contributed by atoms with Crippen molar-refractivity contribution in [2.24, 2.45) is 0 Å². The molecule has 0 radical (unpaired) electrons. The molecule has 1 aromatic carbocycles. The lowest BCUT2D eigenvalue weighted by Crippen LogP contribution is -2.25. The number of phenols is 1. The number of hydrogen-bond acceptors (Lipinski definition) is 3. The molecule has 0 aromatic heterocycles. The van der Waals surface area contributed by atoms with Gasteiger partial charge in [-0.1, -0.05) is 13.0 Å². The first-order valence-electron chi connectivity index (χ1n) is 5.47. The van der Waals surface area contributed by atoms with Crippen molar-refractivity contribution in [3.8, 4) is 11.5 Å². The summed E-state index contributed by atoms with van der Waals surface area (Å²) < 4.78 is 5.53. The van der Waals surface area contributed by atoms with E-state index in [1.54, 1.807) is 12.1 Å². The SMILES string of the molecule is CCNCC1CCOc2cc(O)ccc21. The highest BCUT2D eigenvalue weighted by Gasteiger charge is 2.20. The van der Waals surface area contributed by atoms with Crippen molar-refractivity contribution in [3.05, 3.63) is 23.8 Å². The summed E-state index contributed by atoms with van der Waals surface area (Å²) in [5.41, 5.74) is 1.21. The molecule has 0 aliphatic carbocycles. The summed E-state index contributed by atoms with van der Waals surface area (Å²) in [6, 6.07) is 5.39. The Kier molecular flexibility index (Phi) is 3.11. The number of likely N-dealkylation sites (N-methyl/N-ethyl adjacent to an activating group) is 1. The number of phenolic OH excluding ortho intramolecular Hbond substituents is 1. The second-order valence-electron chi connectivity index (χ2n) is 3.86. The van der Waals surface area contributed by atoms with Gasteiger partial charge in [-0.2, -0.15) is 0 Å². The van der Waals surface area contributed by atoms with Crippen molar-refractivity contribution >= 4 is 0 Å². The molecule has 1 aliphatic heterocycles. The molecule has 1 unspecified atom stereocenters. The molecule has 0 bridgehead atoms. The maximum atomic E-state index is 9.35. The van der Waals surface area contributed by atoms with E-state index in [0.29, 0.717) is 5.92 Å². The minimum atomic E-state index is 0.276. The molecule has 1 heterocycles. The molecular weight excluding hydrogens is 190 g/mol. The third-order valence-corrected chi connectivity index (χ3v) is 2.80. The molecule has 82 valence electrons. The molecule has 1 aromatic rings. The van der Waals surface area contributed by atoms with E-state index >= 15 is 0 Å². The fraction of sp³-hybridized carbons (Fsp3) is 0.500. The fourth-order valence-electron chi connectivity index (χ4n) is 1.98. The van der Waals surface area contributed by atoms with Gasteiger partial charge in [0.05, 0.1) is 6.61 Å². The average Bonchev–Trinajstić information content (AvgIpc) is 2.25. The van der Waals surface area contributed by atoms with Gasteiger partial charge in [0.25, 0.3) is 0 Å². The van der Waals surface area contributed by atoms with E-state index < -0.39 is 0 Å². The van der Waals surface area contributed by atoms with E-state index in [-0.39, 0.29) is 5.75 Å². The standard InChI is InChI=1S/C12H17NO2/c1-2-13-8-9-5-6-15-12-7-10(14)3-4-11(9)12/h3-4,7,9,13-14H,2,5-6,8H2,1H3. The third-order valence-electron chi connectivity index (χ3n) is 2.80. The van der Waals surface area contributed by atoms with E-state index in [2.05, 4.69) is 12.2 Å². The monoisotopic (exact) mass is 207 g/mol. The molecule has 0 fully saturated rings.